The lowest BCUT2D eigenvalue weighted by Gasteiger charge is -2.00. The average Bonchev–Trinajstić information content (AvgIpc) is 3.20. The fraction of sp³-hybridized carbons (Fsp3) is 0. The van der Waals surface area contributed by atoms with Crippen molar-refractivity contribution < 1.29 is 21.8 Å². The van der Waals surface area contributed by atoms with E-state index in [1.54, 1.807) is 0 Å². The summed E-state index contributed by atoms with van der Waals surface area (Å²) in [5.74, 6) is -0.692. The molecule has 3 aromatic heterocycles. The van der Waals surface area contributed by atoms with E-state index in [9.17, 15) is 27.0 Å². The molecule has 4 rings (SSSR count). The lowest BCUT2D eigenvalue weighted by atomic mass is 10.2. The Kier molecular flexibility index (Phi) is 3.61. The van der Waals surface area contributed by atoms with Crippen LogP contribution in [-0.4, -0.2) is 33.8 Å². The molecule has 0 aliphatic rings. The van der Waals surface area contributed by atoms with Gasteiger partial charge >= 0.3 is 11.2 Å². The van der Waals surface area contributed by atoms with Crippen LogP contribution in [0.25, 0.3) is 21.9 Å². The number of benzene rings is 1. The summed E-state index contributed by atoms with van der Waals surface area (Å²) in [5, 5.41) is 3.16. The largest absolute Gasteiger partial charge is 0.742 e. The number of nitrogens with zero attached hydrogens (tertiary/aromatic N) is 2. The van der Waals surface area contributed by atoms with E-state index in [1.807, 2.05) is 0 Å². The third-order valence-corrected chi connectivity index (χ3v) is 4.45. The Morgan fingerprint density at radius 1 is 1.15 bits per heavy atom. The lowest BCUT2D eigenvalue weighted by molar-refractivity contribution is 0.395. The van der Waals surface area contributed by atoms with Crippen LogP contribution in [0.4, 0.5) is 4.39 Å². The quantitative estimate of drug-likeness (QED) is 0.387. The van der Waals surface area contributed by atoms with Crippen LogP contribution in [0.15, 0.2) is 54.5 Å². The molecule has 0 atom stereocenters. The van der Waals surface area contributed by atoms with Crippen molar-refractivity contribution in [1.82, 2.24) is 14.6 Å². The molecule has 4 aromatic rings. The van der Waals surface area contributed by atoms with E-state index in [0.717, 1.165) is 18.3 Å². The Morgan fingerprint density at radius 3 is 2.63 bits per heavy atom. The zero-order valence-electron chi connectivity index (χ0n) is 13.1. The molecule has 0 bridgehead atoms. The molecular weight excluding hydrogens is 383 g/mol. The maximum absolute atomic E-state index is 13.4. The van der Waals surface area contributed by atoms with E-state index in [2.05, 4.69) is 15.1 Å². The van der Waals surface area contributed by atoms with Crippen molar-refractivity contribution >= 4 is 38.3 Å². The summed E-state index contributed by atoms with van der Waals surface area (Å²) in [4.78, 5) is 29.9. The van der Waals surface area contributed by atoms with Crippen molar-refractivity contribution in [3.63, 3.8) is 0 Å². The molecular formula is C15H8FN4O6S-. The molecule has 0 spiro atoms. The van der Waals surface area contributed by atoms with Crippen LogP contribution in [0.2, 0.25) is 0 Å². The average molecular weight is 391 g/mol. The van der Waals surface area contributed by atoms with Crippen LogP contribution < -0.4 is 11.2 Å². The van der Waals surface area contributed by atoms with Gasteiger partial charge in [0.1, 0.15) is 17.1 Å². The van der Waals surface area contributed by atoms with Gasteiger partial charge in [0.05, 0.1) is 11.7 Å². The van der Waals surface area contributed by atoms with Gasteiger partial charge in [-0.2, -0.15) is 5.10 Å². The molecule has 0 aliphatic carbocycles. The molecule has 138 valence electrons. The highest BCUT2D eigenvalue weighted by Gasteiger charge is 2.13. The van der Waals surface area contributed by atoms with Crippen LogP contribution in [0.3, 0.4) is 0 Å². The van der Waals surface area contributed by atoms with Gasteiger partial charge in [-0.3, -0.25) is 4.79 Å². The summed E-state index contributed by atoms with van der Waals surface area (Å²) in [5.41, 5.74) is -1.16. The number of H-pyrrole nitrogens is 2. The van der Waals surface area contributed by atoms with Crippen molar-refractivity contribution in [2.45, 2.75) is 5.09 Å². The van der Waals surface area contributed by atoms with Gasteiger partial charge in [-0.1, -0.05) is 0 Å². The summed E-state index contributed by atoms with van der Waals surface area (Å²) in [6, 6.07) is 5.85. The zero-order valence-corrected chi connectivity index (χ0v) is 13.9. The number of aromatic amines is 2. The molecule has 1 aromatic carbocycles. The Balaban J connectivity index is 1.85. The minimum absolute atomic E-state index is 0.00498. The molecule has 2 N–H and O–H groups in total. The van der Waals surface area contributed by atoms with Crippen molar-refractivity contribution in [1.29, 1.82) is 0 Å². The fourth-order valence-electron chi connectivity index (χ4n) is 2.57. The predicted molar refractivity (Wildman–Crippen MR) is 90.3 cm³/mol. The minimum Gasteiger partial charge on any atom is -0.742 e. The smallest absolute Gasteiger partial charge is 0.350 e. The number of hydrogen-bond acceptors (Lipinski definition) is 7. The van der Waals surface area contributed by atoms with E-state index in [4.69, 9.17) is 4.42 Å². The number of halogens is 1. The molecule has 0 aliphatic heterocycles. The minimum atomic E-state index is -4.78. The van der Waals surface area contributed by atoms with Gasteiger partial charge in [-0.25, -0.2) is 17.6 Å². The van der Waals surface area contributed by atoms with E-state index < -0.39 is 32.3 Å². The van der Waals surface area contributed by atoms with E-state index in [0.29, 0.717) is 15.6 Å². The summed E-state index contributed by atoms with van der Waals surface area (Å²) in [6.07, 6.45) is 0.902. The topological polar surface area (TPSA) is 153 Å². The molecule has 3 heterocycles. The summed E-state index contributed by atoms with van der Waals surface area (Å²) in [7, 11) is -4.78. The van der Waals surface area contributed by atoms with Gasteiger partial charge in [-0.05, 0) is 30.3 Å². The summed E-state index contributed by atoms with van der Waals surface area (Å²) < 4.78 is 51.2. The first-order chi connectivity index (χ1) is 12.7. The molecule has 0 saturated heterocycles. The van der Waals surface area contributed by atoms with Gasteiger partial charge in [0.15, 0.2) is 10.1 Å². The third kappa shape index (κ3) is 2.86. The SMILES string of the molecule is O=c1[nH]c2c([nH]c3ccc(F)cc32)c(=O)n1/N=C\c1ccc(S(=O)(=O)[O-])o1. The van der Waals surface area contributed by atoms with Gasteiger partial charge in [0.25, 0.3) is 0 Å². The highest BCUT2D eigenvalue weighted by atomic mass is 32.2. The summed E-state index contributed by atoms with van der Waals surface area (Å²) >= 11 is 0. The van der Waals surface area contributed by atoms with Gasteiger partial charge in [0, 0.05) is 10.9 Å². The van der Waals surface area contributed by atoms with Crippen molar-refractivity contribution in [2.75, 3.05) is 0 Å². The van der Waals surface area contributed by atoms with Gasteiger partial charge < -0.3 is 18.9 Å². The van der Waals surface area contributed by atoms with Crippen LogP contribution in [-0.2, 0) is 10.1 Å². The summed E-state index contributed by atoms with van der Waals surface area (Å²) in [6.45, 7) is 0. The first kappa shape index (κ1) is 16.9. The number of fused-ring (bicyclic) bond motifs is 3. The Labute approximate surface area is 148 Å². The van der Waals surface area contributed by atoms with Crippen LogP contribution in [0.5, 0.6) is 0 Å². The molecule has 0 unspecified atom stereocenters. The highest BCUT2D eigenvalue weighted by molar-refractivity contribution is 7.85. The normalized spacial score (nSPS) is 12.5. The first-order valence-corrected chi connectivity index (χ1v) is 8.71. The third-order valence-electron chi connectivity index (χ3n) is 3.74. The molecule has 0 amide bonds. The van der Waals surface area contributed by atoms with Gasteiger partial charge in [-0.15, -0.1) is 4.68 Å². The van der Waals surface area contributed by atoms with E-state index in [1.165, 1.54) is 18.2 Å². The monoisotopic (exact) mass is 391 g/mol. The zero-order chi connectivity index (χ0) is 19.3. The molecule has 12 heteroatoms. The molecule has 0 fully saturated rings. The van der Waals surface area contributed by atoms with Crippen LogP contribution in [0.1, 0.15) is 5.76 Å². The van der Waals surface area contributed by atoms with Crippen LogP contribution in [0, 0.1) is 5.82 Å². The van der Waals surface area contributed by atoms with Crippen molar-refractivity contribution in [2.24, 2.45) is 5.10 Å². The maximum atomic E-state index is 13.4. The number of nitrogens with one attached hydrogen (secondary N) is 2. The van der Waals surface area contributed by atoms with Crippen molar-refractivity contribution in [3.8, 4) is 0 Å². The van der Waals surface area contributed by atoms with E-state index >= 15 is 0 Å². The highest BCUT2D eigenvalue weighted by Crippen LogP contribution is 2.21. The van der Waals surface area contributed by atoms with Gasteiger partial charge in [0.2, 0.25) is 5.09 Å². The number of rotatable bonds is 3. The van der Waals surface area contributed by atoms with Crippen LogP contribution >= 0.6 is 0 Å². The molecule has 27 heavy (non-hydrogen) atoms. The number of hydrogen-bond donors (Lipinski definition) is 2. The standard InChI is InChI=1S/C15H9FN4O6S/c16-7-1-3-10-9(5-7)12-13(18-10)14(21)20(15(22)19-12)17-6-8-2-4-11(26-8)27(23,24)25/h1-6,18H,(H,19,22)(H,23,24,25)/p-1/b17-6-. The first-order valence-electron chi connectivity index (χ1n) is 7.30. The second kappa shape index (κ2) is 5.75. The second-order valence-corrected chi connectivity index (χ2v) is 6.78. The lowest BCUT2D eigenvalue weighted by Crippen LogP contribution is -2.32. The molecule has 0 radical (unpaired) electrons. The molecule has 10 nitrogen and oxygen atoms in total. The second-order valence-electron chi connectivity index (χ2n) is 5.47. The van der Waals surface area contributed by atoms with Crippen molar-refractivity contribution in [3.05, 3.63) is 62.7 Å². The fourth-order valence-corrected chi connectivity index (χ4v) is 3.00. The molecule has 0 saturated carbocycles. The Bertz CT molecular complexity index is 1460. The Hall–Kier alpha value is -3.51. The Morgan fingerprint density at radius 2 is 1.93 bits per heavy atom. The van der Waals surface area contributed by atoms with E-state index in [-0.39, 0.29) is 16.8 Å². The predicted octanol–water partition coefficient (Wildman–Crippen LogP) is 0.689. The number of furan rings is 1. The maximum Gasteiger partial charge on any atom is 0.350 e. The number of aromatic nitrogens is 3.